The van der Waals surface area contributed by atoms with E-state index in [-0.39, 0.29) is 43.7 Å². The van der Waals surface area contributed by atoms with Crippen molar-refractivity contribution in [2.45, 2.75) is 23.8 Å². The zero-order chi connectivity index (χ0) is 17.6. The highest BCUT2D eigenvalue weighted by Gasteiger charge is 2.39. The fraction of sp³-hybridized carbons (Fsp3) is 0.533. The molecule has 24 heavy (non-hydrogen) atoms. The maximum absolute atomic E-state index is 13.0. The van der Waals surface area contributed by atoms with Crippen LogP contribution in [0, 0.1) is 5.82 Å². The van der Waals surface area contributed by atoms with E-state index in [1.807, 2.05) is 0 Å². The number of carbonyl (C=O) groups excluding carboxylic acids is 1. The number of aliphatic hydroxyl groups excluding tert-OH is 1. The summed E-state index contributed by atoms with van der Waals surface area (Å²) >= 11 is 0. The van der Waals surface area contributed by atoms with Crippen molar-refractivity contribution in [3.63, 3.8) is 0 Å². The molecule has 1 aromatic carbocycles. The van der Waals surface area contributed by atoms with E-state index in [4.69, 9.17) is 9.84 Å². The van der Waals surface area contributed by atoms with Gasteiger partial charge in [0, 0.05) is 13.1 Å². The number of hydrogen-bond acceptors (Lipinski definition) is 5. The molecule has 1 fully saturated rings. The smallest absolute Gasteiger partial charge is 0.243 e. The number of carbonyl (C=O) groups is 1. The van der Waals surface area contributed by atoms with Crippen LogP contribution < -0.4 is 5.32 Å². The summed E-state index contributed by atoms with van der Waals surface area (Å²) in [4.78, 5) is 12.2. The fourth-order valence-electron chi connectivity index (χ4n) is 2.56. The summed E-state index contributed by atoms with van der Waals surface area (Å²) in [5.74, 6) is -0.904. The lowest BCUT2D eigenvalue weighted by Gasteiger charge is -2.23. The Labute approximate surface area is 140 Å². The van der Waals surface area contributed by atoms with Crippen molar-refractivity contribution in [1.82, 2.24) is 9.62 Å². The molecule has 0 aromatic heterocycles. The summed E-state index contributed by atoms with van der Waals surface area (Å²) < 4.78 is 44.5. The Hall–Kier alpha value is -1.55. The number of nitrogens with zero attached hydrogens (tertiary/aromatic N) is 1. The van der Waals surface area contributed by atoms with E-state index >= 15 is 0 Å². The van der Waals surface area contributed by atoms with Crippen LogP contribution in [0.15, 0.2) is 29.2 Å². The summed E-state index contributed by atoms with van der Waals surface area (Å²) in [5.41, 5.74) is 0. The first kappa shape index (κ1) is 18.8. The number of hydrogen-bond donors (Lipinski definition) is 2. The van der Waals surface area contributed by atoms with Gasteiger partial charge in [-0.1, -0.05) is 0 Å². The van der Waals surface area contributed by atoms with Crippen LogP contribution in [0.4, 0.5) is 4.39 Å². The van der Waals surface area contributed by atoms with E-state index in [0.29, 0.717) is 12.8 Å². The summed E-state index contributed by atoms with van der Waals surface area (Å²) in [7, 11) is -3.85. The Morgan fingerprint density at radius 1 is 1.33 bits per heavy atom. The van der Waals surface area contributed by atoms with Gasteiger partial charge in [0.2, 0.25) is 15.9 Å². The second-order valence-corrected chi connectivity index (χ2v) is 7.25. The molecule has 1 aromatic rings. The number of ether oxygens (including phenoxy) is 1. The summed E-state index contributed by atoms with van der Waals surface area (Å²) in [6.07, 6.45) is 1.02. The summed E-state index contributed by atoms with van der Waals surface area (Å²) in [6, 6.07) is 3.77. The van der Waals surface area contributed by atoms with Crippen molar-refractivity contribution in [1.29, 1.82) is 0 Å². The Bertz CT molecular complexity index is 650. The third kappa shape index (κ3) is 4.50. The molecule has 2 rings (SSSR count). The van der Waals surface area contributed by atoms with E-state index in [9.17, 15) is 17.6 Å². The minimum Gasteiger partial charge on any atom is -0.394 e. The quantitative estimate of drug-likeness (QED) is 0.641. The zero-order valence-corrected chi connectivity index (χ0v) is 14.0. The number of nitrogens with one attached hydrogen (secondary N) is 1. The lowest BCUT2D eigenvalue weighted by molar-refractivity contribution is -0.124. The van der Waals surface area contributed by atoms with Crippen LogP contribution in [0.3, 0.4) is 0 Å². The zero-order valence-electron chi connectivity index (χ0n) is 13.2. The number of halogens is 1. The fourth-order valence-corrected chi connectivity index (χ4v) is 4.22. The minimum atomic E-state index is -3.85. The first-order valence-corrected chi connectivity index (χ1v) is 9.14. The largest absolute Gasteiger partial charge is 0.394 e. The van der Waals surface area contributed by atoms with Crippen molar-refractivity contribution < 1.29 is 27.4 Å². The highest BCUT2D eigenvalue weighted by molar-refractivity contribution is 7.89. The summed E-state index contributed by atoms with van der Waals surface area (Å²) in [6.45, 7) is 0.812. The maximum atomic E-state index is 13.0. The van der Waals surface area contributed by atoms with Crippen LogP contribution in [-0.2, 0) is 19.6 Å². The highest BCUT2D eigenvalue weighted by Crippen LogP contribution is 2.26. The molecule has 2 N–H and O–H groups in total. The Kier molecular flexibility index (Phi) is 6.67. The van der Waals surface area contributed by atoms with Gasteiger partial charge in [-0.05, 0) is 37.1 Å². The molecule has 0 saturated carbocycles. The van der Waals surface area contributed by atoms with Gasteiger partial charge in [-0.2, -0.15) is 4.31 Å². The van der Waals surface area contributed by atoms with E-state index in [1.165, 1.54) is 12.1 Å². The van der Waals surface area contributed by atoms with E-state index in [2.05, 4.69) is 5.32 Å². The molecule has 1 aliphatic rings. The molecule has 0 unspecified atom stereocenters. The van der Waals surface area contributed by atoms with Crippen LogP contribution >= 0.6 is 0 Å². The normalized spacial score (nSPS) is 18.7. The molecule has 1 amide bonds. The molecule has 1 saturated heterocycles. The number of amides is 1. The van der Waals surface area contributed by atoms with Crippen LogP contribution in [0.5, 0.6) is 0 Å². The number of sulfonamides is 1. The second-order valence-electron chi connectivity index (χ2n) is 5.35. The standard InChI is InChI=1S/C15H21FN2O5S/c16-12-3-5-13(6-4-12)24(21,22)18-8-1-2-14(18)15(20)17-7-10-23-11-9-19/h3-6,14,19H,1-2,7-11H2,(H,17,20)/t14-/m0/s1. The molecule has 0 radical (unpaired) electrons. The monoisotopic (exact) mass is 360 g/mol. The van der Waals surface area contributed by atoms with Crippen LogP contribution in [0.1, 0.15) is 12.8 Å². The molecular weight excluding hydrogens is 339 g/mol. The SMILES string of the molecule is O=C(NCCOCCO)[C@@H]1CCCN1S(=O)(=O)c1ccc(F)cc1. The van der Waals surface area contributed by atoms with Gasteiger partial charge in [-0.15, -0.1) is 0 Å². The van der Waals surface area contributed by atoms with E-state index < -0.39 is 21.9 Å². The molecule has 0 spiro atoms. The van der Waals surface area contributed by atoms with Crippen molar-refractivity contribution in [3.05, 3.63) is 30.1 Å². The maximum Gasteiger partial charge on any atom is 0.243 e. The lowest BCUT2D eigenvalue weighted by atomic mass is 10.2. The molecule has 1 aliphatic heterocycles. The van der Waals surface area contributed by atoms with Crippen molar-refractivity contribution in [3.8, 4) is 0 Å². The molecule has 0 bridgehead atoms. The van der Waals surface area contributed by atoms with Gasteiger partial charge >= 0.3 is 0 Å². The first-order chi connectivity index (χ1) is 11.5. The molecule has 134 valence electrons. The molecule has 1 atom stereocenters. The van der Waals surface area contributed by atoms with Gasteiger partial charge in [0.15, 0.2) is 0 Å². The van der Waals surface area contributed by atoms with Crippen molar-refractivity contribution in [2.75, 3.05) is 32.9 Å². The van der Waals surface area contributed by atoms with Crippen LogP contribution in [0.2, 0.25) is 0 Å². The Morgan fingerprint density at radius 3 is 2.71 bits per heavy atom. The molecule has 9 heteroatoms. The Morgan fingerprint density at radius 2 is 2.04 bits per heavy atom. The minimum absolute atomic E-state index is 0.0325. The van der Waals surface area contributed by atoms with Crippen LogP contribution in [0.25, 0.3) is 0 Å². The third-order valence-electron chi connectivity index (χ3n) is 3.71. The summed E-state index contributed by atoms with van der Waals surface area (Å²) in [5, 5.41) is 11.2. The molecule has 0 aliphatic carbocycles. The predicted molar refractivity (Wildman–Crippen MR) is 84.2 cm³/mol. The van der Waals surface area contributed by atoms with Crippen LogP contribution in [-0.4, -0.2) is 62.7 Å². The van der Waals surface area contributed by atoms with Crippen molar-refractivity contribution in [2.24, 2.45) is 0 Å². The topological polar surface area (TPSA) is 95.9 Å². The van der Waals surface area contributed by atoms with Gasteiger partial charge in [0.1, 0.15) is 11.9 Å². The predicted octanol–water partition coefficient (Wildman–Crippen LogP) is 0.104. The van der Waals surface area contributed by atoms with Crippen molar-refractivity contribution >= 4 is 15.9 Å². The van der Waals surface area contributed by atoms with Gasteiger partial charge in [0.05, 0.1) is 24.7 Å². The second kappa shape index (κ2) is 8.52. The Balaban J connectivity index is 2.01. The van der Waals surface area contributed by atoms with Gasteiger partial charge < -0.3 is 15.2 Å². The van der Waals surface area contributed by atoms with Gasteiger partial charge in [-0.25, -0.2) is 12.8 Å². The molecular formula is C15H21FN2O5S. The lowest BCUT2D eigenvalue weighted by Crippen LogP contribution is -2.46. The molecule has 1 heterocycles. The number of benzene rings is 1. The number of rotatable bonds is 8. The average molecular weight is 360 g/mol. The van der Waals surface area contributed by atoms with E-state index in [1.54, 1.807) is 0 Å². The number of aliphatic hydroxyl groups is 1. The van der Waals surface area contributed by atoms with Gasteiger partial charge in [0.25, 0.3) is 0 Å². The third-order valence-corrected chi connectivity index (χ3v) is 5.63. The van der Waals surface area contributed by atoms with E-state index in [0.717, 1.165) is 16.4 Å². The first-order valence-electron chi connectivity index (χ1n) is 7.70. The molecule has 7 nitrogen and oxygen atoms in total. The highest BCUT2D eigenvalue weighted by atomic mass is 32.2. The average Bonchev–Trinajstić information content (AvgIpc) is 3.05. The van der Waals surface area contributed by atoms with Gasteiger partial charge in [-0.3, -0.25) is 4.79 Å².